The summed E-state index contributed by atoms with van der Waals surface area (Å²) >= 11 is 7.01. The van der Waals surface area contributed by atoms with Crippen LogP contribution in [0.1, 0.15) is 0 Å². The first-order chi connectivity index (χ1) is 8.49. The summed E-state index contributed by atoms with van der Waals surface area (Å²) in [6.45, 7) is -0.296. The second kappa shape index (κ2) is 7.25. The fourth-order valence-corrected chi connectivity index (χ4v) is 1.88. The van der Waals surface area contributed by atoms with Crippen LogP contribution in [0.15, 0.2) is 29.2 Å². The van der Waals surface area contributed by atoms with E-state index in [0.717, 1.165) is 4.90 Å². The average molecular weight is 290 g/mol. The van der Waals surface area contributed by atoms with Crippen LogP contribution in [0.2, 0.25) is 5.02 Å². The zero-order chi connectivity index (χ0) is 13.5. The smallest absolute Gasteiger partial charge is 0.334 e. The number of thioether (sulfide) groups is 1. The van der Waals surface area contributed by atoms with E-state index in [2.05, 4.69) is 5.32 Å². The molecule has 0 fully saturated rings. The van der Waals surface area contributed by atoms with Gasteiger partial charge in [0.2, 0.25) is 5.91 Å². The zero-order valence-electron chi connectivity index (χ0n) is 9.30. The van der Waals surface area contributed by atoms with E-state index in [0.29, 0.717) is 5.02 Å². The van der Waals surface area contributed by atoms with Crippen LogP contribution < -0.4 is 5.32 Å². The van der Waals surface area contributed by atoms with Gasteiger partial charge in [0.05, 0.1) is 12.3 Å². The minimum atomic E-state index is -1.57. The van der Waals surface area contributed by atoms with Gasteiger partial charge in [0.1, 0.15) is 0 Å². The molecule has 0 heterocycles. The molecule has 0 aliphatic rings. The number of nitrogens with one attached hydrogen (secondary N) is 1. The zero-order valence-corrected chi connectivity index (χ0v) is 10.9. The highest BCUT2D eigenvalue weighted by Gasteiger charge is 2.13. The molecule has 5 nitrogen and oxygen atoms in total. The Bertz CT molecular complexity index is 424. The van der Waals surface area contributed by atoms with Crippen molar-refractivity contribution < 1.29 is 19.8 Å². The van der Waals surface area contributed by atoms with Crippen LogP contribution >= 0.6 is 23.4 Å². The molecule has 98 valence electrons. The number of aliphatic hydroxyl groups is 1. The van der Waals surface area contributed by atoms with E-state index >= 15 is 0 Å². The second-order valence-electron chi connectivity index (χ2n) is 3.40. The molecule has 1 aromatic carbocycles. The maximum atomic E-state index is 11.3. The van der Waals surface area contributed by atoms with Gasteiger partial charge >= 0.3 is 5.97 Å². The van der Waals surface area contributed by atoms with Crippen molar-refractivity contribution in [3.63, 3.8) is 0 Å². The molecule has 1 unspecified atom stereocenters. The number of hydrogen-bond donors (Lipinski definition) is 3. The number of carbonyl (C=O) groups excluding carboxylic acids is 1. The summed E-state index contributed by atoms with van der Waals surface area (Å²) in [7, 11) is 0. The van der Waals surface area contributed by atoms with Gasteiger partial charge in [-0.2, -0.15) is 0 Å². The number of carbonyl (C=O) groups is 2. The van der Waals surface area contributed by atoms with Crippen molar-refractivity contribution in [3.8, 4) is 0 Å². The van der Waals surface area contributed by atoms with Crippen LogP contribution in [0.3, 0.4) is 0 Å². The lowest BCUT2D eigenvalue weighted by Gasteiger charge is -2.07. The van der Waals surface area contributed by atoms with Gasteiger partial charge in [-0.15, -0.1) is 11.8 Å². The highest BCUT2D eigenvalue weighted by Crippen LogP contribution is 2.19. The lowest BCUT2D eigenvalue weighted by atomic mass is 10.3. The SMILES string of the molecule is O=C(CSc1ccc(Cl)cc1)NCC(O)C(=O)O. The second-order valence-corrected chi connectivity index (χ2v) is 4.89. The third-order valence-electron chi connectivity index (χ3n) is 1.96. The molecule has 0 radical (unpaired) electrons. The van der Waals surface area contributed by atoms with Gasteiger partial charge in [-0.1, -0.05) is 11.6 Å². The maximum absolute atomic E-state index is 11.3. The number of carboxylic acids is 1. The molecular formula is C11H12ClNO4S. The monoisotopic (exact) mass is 289 g/mol. The number of benzene rings is 1. The number of carboxylic acid groups (broad SMARTS) is 1. The number of amides is 1. The summed E-state index contributed by atoms with van der Waals surface area (Å²) in [5.74, 6) is -1.55. The summed E-state index contributed by atoms with van der Waals surface area (Å²) in [4.78, 5) is 22.5. The Morgan fingerprint density at radius 1 is 1.33 bits per heavy atom. The molecular weight excluding hydrogens is 278 g/mol. The molecule has 0 bridgehead atoms. The minimum absolute atomic E-state index is 0.147. The first-order valence-electron chi connectivity index (χ1n) is 5.05. The van der Waals surface area contributed by atoms with Gasteiger partial charge in [-0.3, -0.25) is 4.79 Å². The first-order valence-corrected chi connectivity index (χ1v) is 6.41. The molecule has 7 heteroatoms. The number of aliphatic hydroxyl groups excluding tert-OH is 1. The third kappa shape index (κ3) is 5.39. The highest BCUT2D eigenvalue weighted by atomic mass is 35.5. The van der Waals surface area contributed by atoms with Crippen molar-refractivity contribution in [2.45, 2.75) is 11.0 Å². The fraction of sp³-hybridized carbons (Fsp3) is 0.273. The van der Waals surface area contributed by atoms with Gasteiger partial charge in [-0.25, -0.2) is 4.79 Å². The van der Waals surface area contributed by atoms with E-state index in [9.17, 15) is 9.59 Å². The van der Waals surface area contributed by atoms with E-state index in [1.165, 1.54) is 11.8 Å². The average Bonchev–Trinajstić information content (AvgIpc) is 2.35. The topological polar surface area (TPSA) is 86.6 Å². The summed E-state index contributed by atoms with van der Waals surface area (Å²) in [5, 5.41) is 20.3. The molecule has 0 saturated carbocycles. The highest BCUT2D eigenvalue weighted by molar-refractivity contribution is 8.00. The van der Waals surface area contributed by atoms with Gasteiger partial charge in [0.15, 0.2) is 6.10 Å². The molecule has 0 aromatic heterocycles. The molecule has 0 spiro atoms. The molecule has 0 aliphatic heterocycles. The Labute approximate surface area is 113 Å². The summed E-state index contributed by atoms with van der Waals surface area (Å²) in [6, 6.07) is 7.00. The predicted molar refractivity (Wildman–Crippen MR) is 68.8 cm³/mol. The van der Waals surface area contributed by atoms with E-state index in [1.54, 1.807) is 24.3 Å². The van der Waals surface area contributed by atoms with Crippen LogP contribution in [0.25, 0.3) is 0 Å². The number of hydrogen-bond acceptors (Lipinski definition) is 4. The van der Waals surface area contributed by atoms with E-state index in [-0.39, 0.29) is 18.2 Å². The molecule has 1 amide bonds. The predicted octanol–water partition coefficient (Wildman–Crippen LogP) is 0.994. The first kappa shape index (κ1) is 14.8. The fourth-order valence-electron chi connectivity index (χ4n) is 1.03. The Hall–Kier alpha value is -1.24. The van der Waals surface area contributed by atoms with Crippen molar-refractivity contribution in [1.82, 2.24) is 5.32 Å². The Morgan fingerprint density at radius 3 is 2.50 bits per heavy atom. The van der Waals surface area contributed by atoms with Gasteiger partial charge in [-0.05, 0) is 24.3 Å². The van der Waals surface area contributed by atoms with Crippen molar-refractivity contribution in [3.05, 3.63) is 29.3 Å². The summed E-state index contributed by atoms with van der Waals surface area (Å²) < 4.78 is 0. The van der Waals surface area contributed by atoms with Crippen molar-refractivity contribution >= 4 is 35.2 Å². The number of halogens is 1. The van der Waals surface area contributed by atoms with Crippen molar-refractivity contribution in [1.29, 1.82) is 0 Å². The Balaban J connectivity index is 2.29. The quantitative estimate of drug-likeness (QED) is 0.680. The van der Waals surface area contributed by atoms with Gasteiger partial charge in [0, 0.05) is 9.92 Å². The molecule has 3 N–H and O–H groups in total. The molecule has 1 aromatic rings. The van der Waals surface area contributed by atoms with E-state index in [1.807, 2.05) is 0 Å². The third-order valence-corrected chi connectivity index (χ3v) is 3.23. The van der Waals surface area contributed by atoms with Gasteiger partial charge < -0.3 is 15.5 Å². The minimum Gasteiger partial charge on any atom is -0.479 e. The lowest BCUT2D eigenvalue weighted by Crippen LogP contribution is -2.37. The van der Waals surface area contributed by atoms with Crippen LogP contribution in [-0.2, 0) is 9.59 Å². The van der Waals surface area contributed by atoms with Crippen LogP contribution in [0.4, 0.5) is 0 Å². The largest absolute Gasteiger partial charge is 0.479 e. The van der Waals surface area contributed by atoms with Crippen LogP contribution in [0, 0.1) is 0 Å². The van der Waals surface area contributed by atoms with Gasteiger partial charge in [0.25, 0.3) is 0 Å². The van der Waals surface area contributed by atoms with Crippen molar-refractivity contribution in [2.24, 2.45) is 0 Å². The molecule has 1 rings (SSSR count). The maximum Gasteiger partial charge on any atom is 0.334 e. The number of rotatable bonds is 6. The van der Waals surface area contributed by atoms with Crippen molar-refractivity contribution in [2.75, 3.05) is 12.3 Å². The van der Waals surface area contributed by atoms with Crippen LogP contribution in [0.5, 0.6) is 0 Å². The normalized spacial score (nSPS) is 11.9. The molecule has 1 atom stereocenters. The standard InChI is InChI=1S/C11H12ClNO4S/c12-7-1-3-8(4-2-7)18-6-10(15)13-5-9(14)11(16)17/h1-4,9,14H,5-6H2,(H,13,15)(H,16,17). The number of aliphatic carboxylic acids is 1. The summed E-state index contributed by atoms with van der Waals surface area (Å²) in [6.07, 6.45) is -1.57. The Kier molecular flexibility index (Phi) is 5.97. The van der Waals surface area contributed by atoms with E-state index in [4.69, 9.17) is 21.8 Å². The lowest BCUT2D eigenvalue weighted by molar-refractivity contribution is -0.146. The Morgan fingerprint density at radius 2 is 1.94 bits per heavy atom. The van der Waals surface area contributed by atoms with Crippen LogP contribution in [-0.4, -0.2) is 40.5 Å². The summed E-state index contributed by atoms with van der Waals surface area (Å²) in [5.41, 5.74) is 0. The molecule has 18 heavy (non-hydrogen) atoms. The van der Waals surface area contributed by atoms with E-state index < -0.39 is 12.1 Å². The molecule has 0 aliphatic carbocycles. The molecule has 0 saturated heterocycles.